The zero-order valence-electron chi connectivity index (χ0n) is 11.0. The number of hydrogen-bond acceptors (Lipinski definition) is 4. The summed E-state index contributed by atoms with van der Waals surface area (Å²) in [6.45, 7) is 0.418. The summed E-state index contributed by atoms with van der Waals surface area (Å²) < 4.78 is 5.51. The van der Waals surface area contributed by atoms with Gasteiger partial charge >= 0.3 is 6.03 Å². The van der Waals surface area contributed by atoms with Crippen molar-refractivity contribution >= 4 is 23.3 Å². The molecule has 1 fully saturated rings. The highest BCUT2D eigenvalue weighted by Gasteiger charge is 2.29. The van der Waals surface area contributed by atoms with E-state index in [1.54, 1.807) is 24.3 Å². The largest absolute Gasteiger partial charge is 0.364 e. The van der Waals surface area contributed by atoms with Gasteiger partial charge in [-0.3, -0.25) is 4.79 Å². The zero-order valence-corrected chi connectivity index (χ0v) is 11.0. The van der Waals surface area contributed by atoms with E-state index >= 15 is 0 Å². The second-order valence-electron chi connectivity index (χ2n) is 4.62. The molecule has 1 aliphatic heterocycles. The standard InChI is InChI=1S/C13H18N4O3/c14-7-10-4-5-11(20-10)12(18)16-8-2-1-3-9(6-8)17-13(15)19/h1-3,6,10-11H,4-5,7,14H2,(H,16,18)(H3,15,17,19)/t10-,11+/m1/s1. The fourth-order valence-electron chi connectivity index (χ4n) is 2.11. The predicted octanol–water partition coefficient (Wildman–Crippen LogP) is 0.622. The first kappa shape index (κ1) is 14.3. The summed E-state index contributed by atoms with van der Waals surface area (Å²) in [6, 6.07) is 6.08. The Hall–Kier alpha value is -2.12. The van der Waals surface area contributed by atoms with E-state index in [0.717, 1.165) is 6.42 Å². The molecule has 3 amide bonds. The molecule has 1 aromatic carbocycles. The number of amides is 3. The summed E-state index contributed by atoms with van der Waals surface area (Å²) in [5, 5.41) is 5.19. The number of hydrogen-bond donors (Lipinski definition) is 4. The average molecular weight is 278 g/mol. The van der Waals surface area contributed by atoms with Crippen molar-refractivity contribution in [3.8, 4) is 0 Å². The van der Waals surface area contributed by atoms with Crippen molar-refractivity contribution in [2.45, 2.75) is 25.0 Å². The van der Waals surface area contributed by atoms with E-state index in [0.29, 0.717) is 24.3 Å². The van der Waals surface area contributed by atoms with Gasteiger partial charge < -0.3 is 26.8 Å². The first-order valence-electron chi connectivity index (χ1n) is 6.41. The maximum Gasteiger partial charge on any atom is 0.316 e. The van der Waals surface area contributed by atoms with Crippen LogP contribution in [-0.2, 0) is 9.53 Å². The molecule has 20 heavy (non-hydrogen) atoms. The number of primary amides is 1. The lowest BCUT2D eigenvalue weighted by Crippen LogP contribution is -2.29. The van der Waals surface area contributed by atoms with Crippen LogP contribution in [0.3, 0.4) is 0 Å². The van der Waals surface area contributed by atoms with Crippen LogP contribution in [0.4, 0.5) is 16.2 Å². The Kier molecular flexibility index (Phi) is 4.54. The third kappa shape index (κ3) is 3.69. The number of carbonyl (C=O) groups excluding carboxylic acids is 2. The van der Waals surface area contributed by atoms with Crippen molar-refractivity contribution in [2.24, 2.45) is 11.5 Å². The van der Waals surface area contributed by atoms with Crippen LogP contribution in [0, 0.1) is 0 Å². The van der Waals surface area contributed by atoms with Gasteiger partial charge in [0.1, 0.15) is 6.10 Å². The van der Waals surface area contributed by atoms with Crippen molar-refractivity contribution in [1.82, 2.24) is 0 Å². The molecule has 0 radical (unpaired) electrons. The van der Waals surface area contributed by atoms with Crippen molar-refractivity contribution in [2.75, 3.05) is 17.2 Å². The molecule has 0 aromatic heterocycles. The van der Waals surface area contributed by atoms with Crippen LogP contribution >= 0.6 is 0 Å². The van der Waals surface area contributed by atoms with Gasteiger partial charge in [0.05, 0.1) is 6.10 Å². The summed E-state index contributed by atoms with van der Waals surface area (Å²) in [5.41, 5.74) is 11.6. The fourth-order valence-corrected chi connectivity index (χ4v) is 2.11. The molecular formula is C13H18N4O3. The molecule has 2 atom stereocenters. The number of ether oxygens (including phenoxy) is 1. The van der Waals surface area contributed by atoms with Gasteiger partial charge in [0.25, 0.3) is 5.91 Å². The number of benzene rings is 1. The second-order valence-corrected chi connectivity index (χ2v) is 4.62. The molecule has 1 aliphatic rings. The lowest BCUT2D eigenvalue weighted by atomic mass is 10.2. The van der Waals surface area contributed by atoms with Gasteiger partial charge in [-0.25, -0.2) is 4.79 Å². The third-order valence-electron chi connectivity index (χ3n) is 3.06. The van der Waals surface area contributed by atoms with Crippen LogP contribution in [0.25, 0.3) is 0 Å². The number of nitrogens with two attached hydrogens (primary N) is 2. The van der Waals surface area contributed by atoms with Crippen molar-refractivity contribution < 1.29 is 14.3 Å². The molecule has 1 heterocycles. The highest BCUT2D eigenvalue weighted by Crippen LogP contribution is 2.21. The van der Waals surface area contributed by atoms with Crippen LogP contribution in [0.5, 0.6) is 0 Å². The van der Waals surface area contributed by atoms with Crippen molar-refractivity contribution in [3.63, 3.8) is 0 Å². The van der Waals surface area contributed by atoms with Gasteiger partial charge in [-0.1, -0.05) is 6.07 Å². The van der Waals surface area contributed by atoms with Gasteiger partial charge in [0, 0.05) is 17.9 Å². The van der Waals surface area contributed by atoms with Gasteiger partial charge in [0.2, 0.25) is 0 Å². The summed E-state index contributed by atoms with van der Waals surface area (Å²) in [4.78, 5) is 22.8. The lowest BCUT2D eigenvalue weighted by molar-refractivity contribution is -0.126. The SMILES string of the molecule is NC[C@H]1CC[C@@H](C(=O)Nc2cccc(NC(N)=O)c2)O1. The monoisotopic (exact) mass is 278 g/mol. The highest BCUT2D eigenvalue weighted by atomic mass is 16.5. The zero-order chi connectivity index (χ0) is 14.5. The van der Waals surface area contributed by atoms with E-state index in [4.69, 9.17) is 16.2 Å². The first-order chi connectivity index (χ1) is 9.58. The molecule has 0 aliphatic carbocycles. The van der Waals surface area contributed by atoms with E-state index in [9.17, 15) is 9.59 Å². The van der Waals surface area contributed by atoms with E-state index in [1.807, 2.05) is 0 Å². The summed E-state index contributed by atoms with van der Waals surface area (Å²) in [6.07, 6.45) is 0.926. The molecule has 1 saturated heterocycles. The minimum absolute atomic E-state index is 0.0476. The summed E-state index contributed by atoms with van der Waals surface area (Å²) in [5.74, 6) is -0.211. The van der Waals surface area contributed by atoms with Crippen molar-refractivity contribution in [3.05, 3.63) is 24.3 Å². The molecule has 0 saturated carbocycles. The van der Waals surface area contributed by atoms with Crippen molar-refractivity contribution in [1.29, 1.82) is 0 Å². The van der Waals surface area contributed by atoms with Crippen LogP contribution in [0.2, 0.25) is 0 Å². The van der Waals surface area contributed by atoms with Gasteiger partial charge in [-0.05, 0) is 31.0 Å². The quantitative estimate of drug-likeness (QED) is 0.645. The topological polar surface area (TPSA) is 119 Å². The molecular weight excluding hydrogens is 260 g/mol. The van der Waals surface area contributed by atoms with Gasteiger partial charge in [-0.2, -0.15) is 0 Å². The minimum atomic E-state index is -0.654. The normalized spacial score (nSPS) is 21.4. The van der Waals surface area contributed by atoms with Crippen LogP contribution in [0.1, 0.15) is 12.8 Å². The second kappa shape index (κ2) is 6.36. The Morgan fingerprint density at radius 3 is 2.55 bits per heavy atom. The predicted molar refractivity (Wildman–Crippen MR) is 75.2 cm³/mol. The average Bonchev–Trinajstić information content (AvgIpc) is 2.87. The number of carbonyl (C=O) groups is 2. The Labute approximate surface area is 116 Å². The van der Waals surface area contributed by atoms with E-state index in [-0.39, 0.29) is 12.0 Å². The highest BCUT2D eigenvalue weighted by molar-refractivity contribution is 5.95. The molecule has 0 unspecified atom stereocenters. The van der Waals surface area contributed by atoms with Crippen LogP contribution in [0.15, 0.2) is 24.3 Å². The van der Waals surface area contributed by atoms with E-state index in [2.05, 4.69) is 10.6 Å². The molecule has 0 bridgehead atoms. The molecule has 1 aromatic rings. The van der Waals surface area contributed by atoms with Gasteiger partial charge in [0.15, 0.2) is 0 Å². The summed E-state index contributed by atoms with van der Waals surface area (Å²) >= 11 is 0. The molecule has 108 valence electrons. The first-order valence-corrected chi connectivity index (χ1v) is 6.41. The smallest absolute Gasteiger partial charge is 0.316 e. The molecule has 7 nitrogen and oxygen atoms in total. The van der Waals surface area contributed by atoms with Crippen LogP contribution in [-0.4, -0.2) is 30.7 Å². The lowest BCUT2D eigenvalue weighted by Gasteiger charge is -2.13. The Balaban J connectivity index is 1.96. The van der Waals surface area contributed by atoms with Crippen LogP contribution < -0.4 is 22.1 Å². The number of anilines is 2. The number of rotatable bonds is 4. The summed E-state index contributed by atoms with van der Waals surface area (Å²) in [7, 11) is 0. The molecule has 2 rings (SSSR count). The molecule has 6 N–H and O–H groups in total. The minimum Gasteiger partial charge on any atom is -0.364 e. The Morgan fingerprint density at radius 1 is 1.25 bits per heavy atom. The fraction of sp³-hybridized carbons (Fsp3) is 0.385. The maximum absolute atomic E-state index is 12.0. The molecule has 7 heteroatoms. The number of nitrogens with one attached hydrogen (secondary N) is 2. The van der Waals surface area contributed by atoms with Gasteiger partial charge in [-0.15, -0.1) is 0 Å². The van der Waals surface area contributed by atoms with E-state index in [1.165, 1.54) is 0 Å². The Bertz CT molecular complexity index is 506. The maximum atomic E-state index is 12.0. The van der Waals surface area contributed by atoms with E-state index < -0.39 is 12.1 Å². The third-order valence-corrected chi connectivity index (χ3v) is 3.06. The number of urea groups is 1. The molecule has 0 spiro atoms. The Morgan fingerprint density at radius 2 is 1.95 bits per heavy atom.